The Morgan fingerprint density at radius 3 is 2.37 bits per heavy atom. The third-order valence-corrected chi connectivity index (χ3v) is 6.11. The zero-order valence-corrected chi connectivity index (χ0v) is 21.7. The first-order valence-corrected chi connectivity index (χ1v) is 12.4. The molecular formula is C26H30N8O4. The molecule has 0 saturated heterocycles. The molecular weight excluding hydrogens is 488 g/mol. The molecule has 0 bridgehead atoms. The van der Waals surface area contributed by atoms with Gasteiger partial charge in [0.05, 0.1) is 29.6 Å². The first-order chi connectivity index (χ1) is 18.4. The minimum atomic E-state index is -0.452. The van der Waals surface area contributed by atoms with Crippen LogP contribution in [0, 0.1) is 5.92 Å². The molecule has 0 radical (unpaired) electrons. The van der Waals surface area contributed by atoms with Crippen LogP contribution in [0.5, 0.6) is 5.75 Å². The number of methoxy groups -OCH3 is 1. The Kier molecular flexibility index (Phi) is 8.09. The fourth-order valence-electron chi connectivity index (χ4n) is 3.86. The molecule has 0 unspecified atom stereocenters. The van der Waals surface area contributed by atoms with E-state index in [2.05, 4.69) is 36.1 Å². The van der Waals surface area contributed by atoms with E-state index < -0.39 is 5.91 Å². The maximum atomic E-state index is 12.6. The van der Waals surface area contributed by atoms with E-state index in [0.29, 0.717) is 47.2 Å². The monoisotopic (exact) mass is 518 g/mol. The number of carbonyl (C=O) groups excluding carboxylic acids is 3. The van der Waals surface area contributed by atoms with E-state index in [9.17, 15) is 14.4 Å². The van der Waals surface area contributed by atoms with Crippen molar-refractivity contribution in [3.63, 3.8) is 0 Å². The van der Waals surface area contributed by atoms with E-state index in [0.717, 1.165) is 12.8 Å². The molecule has 1 fully saturated rings. The lowest BCUT2D eigenvalue weighted by Crippen LogP contribution is -2.30. The van der Waals surface area contributed by atoms with Crippen molar-refractivity contribution in [3.8, 4) is 17.1 Å². The van der Waals surface area contributed by atoms with E-state index in [4.69, 9.17) is 4.74 Å². The Morgan fingerprint density at radius 2 is 1.76 bits per heavy atom. The number of nitrogens with zero attached hydrogens (tertiary/aromatic N) is 5. The number of anilines is 3. The molecule has 12 heteroatoms. The summed E-state index contributed by atoms with van der Waals surface area (Å²) in [6, 6.07) is 6.88. The van der Waals surface area contributed by atoms with Crippen LogP contribution in [0.2, 0.25) is 0 Å². The van der Waals surface area contributed by atoms with Crippen molar-refractivity contribution < 1.29 is 19.1 Å². The second kappa shape index (κ2) is 11.6. The number of benzene rings is 1. The highest BCUT2D eigenvalue weighted by Gasteiger charge is 2.30. The molecule has 3 N–H and O–H groups in total. The minimum absolute atomic E-state index is 0.0164. The van der Waals surface area contributed by atoms with Crippen molar-refractivity contribution in [2.24, 2.45) is 5.92 Å². The fraction of sp³-hybridized carbons (Fsp3) is 0.346. The first kappa shape index (κ1) is 26.5. The zero-order chi connectivity index (χ0) is 27.2. The van der Waals surface area contributed by atoms with Gasteiger partial charge in [0.2, 0.25) is 5.91 Å². The number of carbonyl (C=O) groups is 3. The maximum Gasteiger partial charge on any atom is 0.273 e. The van der Waals surface area contributed by atoms with Crippen LogP contribution in [-0.4, -0.2) is 70.0 Å². The molecule has 4 rings (SSSR count). The molecule has 1 aliphatic rings. The van der Waals surface area contributed by atoms with Crippen LogP contribution in [0.25, 0.3) is 11.4 Å². The number of hydrogen-bond acceptors (Lipinski definition) is 9. The largest absolute Gasteiger partial charge is 0.494 e. The molecule has 198 valence electrons. The van der Waals surface area contributed by atoms with Crippen molar-refractivity contribution in [1.82, 2.24) is 30.4 Å². The molecule has 1 aromatic carbocycles. The van der Waals surface area contributed by atoms with Gasteiger partial charge < -0.3 is 25.6 Å². The Morgan fingerprint density at radius 1 is 1.05 bits per heavy atom. The highest BCUT2D eigenvalue weighted by molar-refractivity contribution is 6.00. The normalized spacial score (nSPS) is 12.4. The van der Waals surface area contributed by atoms with Crippen LogP contribution in [-0.2, 0) is 4.79 Å². The summed E-state index contributed by atoms with van der Waals surface area (Å²) >= 11 is 0. The van der Waals surface area contributed by atoms with Crippen LogP contribution >= 0.6 is 0 Å². The highest BCUT2D eigenvalue weighted by Crippen LogP contribution is 2.37. The van der Waals surface area contributed by atoms with Gasteiger partial charge in [0.15, 0.2) is 23.1 Å². The predicted octanol–water partition coefficient (Wildman–Crippen LogP) is 2.88. The third-order valence-electron chi connectivity index (χ3n) is 6.11. The van der Waals surface area contributed by atoms with Gasteiger partial charge in [-0.15, -0.1) is 10.2 Å². The van der Waals surface area contributed by atoms with E-state index in [1.807, 2.05) is 13.8 Å². The molecule has 2 aromatic heterocycles. The number of aromatic nitrogens is 4. The lowest BCUT2D eigenvalue weighted by molar-refractivity contribution is -0.117. The average molecular weight is 519 g/mol. The summed E-state index contributed by atoms with van der Waals surface area (Å²) in [4.78, 5) is 47.8. The van der Waals surface area contributed by atoms with E-state index >= 15 is 0 Å². The third kappa shape index (κ3) is 5.69. The van der Waals surface area contributed by atoms with Crippen molar-refractivity contribution in [2.45, 2.75) is 26.7 Å². The summed E-state index contributed by atoms with van der Waals surface area (Å²) in [6.07, 6.45) is 4.68. The molecule has 38 heavy (non-hydrogen) atoms. The summed E-state index contributed by atoms with van der Waals surface area (Å²) in [6.45, 7) is 5.01. The van der Waals surface area contributed by atoms with Crippen LogP contribution in [0.3, 0.4) is 0 Å². The Bertz CT molecular complexity index is 1340. The molecule has 3 aromatic rings. The maximum absolute atomic E-state index is 12.6. The fourth-order valence-corrected chi connectivity index (χ4v) is 3.86. The molecule has 0 aliphatic heterocycles. The van der Waals surface area contributed by atoms with Crippen molar-refractivity contribution in [1.29, 1.82) is 0 Å². The van der Waals surface area contributed by atoms with Gasteiger partial charge in [-0.3, -0.25) is 14.4 Å². The Labute approximate surface area is 220 Å². The van der Waals surface area contributed by atoms with Gasteiger partial charge in [0.25, 0.3) is 11.8 Å². The summed E-state index contributed by atoms with van der Waals surface area (Å²) in [5.41, 5.74) is 1.84. The van der Waals surface area contributed by atoms with Gasteiger partial charge in [-0.25, -0.2) is 9.97 Å². The van der Waals surface area contributed by atoms with Crippen LogP contribution in [0.15, 0.2) is 36.7 Å². The zero-order valence-electron chi connectivity index (χ0n) is 21.7. The number of hydrogen-bond donors (Lipinski definition) is 3. The SMILES string of the molecule is CCN(CC)C(=O)c1cnc(-c2cccc(Nc3cc(NC(=O)C4CC4)nnc3C(=O)NC)c2OC)nc1. The smallest absolute Gasteiger partial charge is 0.273 e. The minimum Gasteiger partial charge on any atom is -0.494 e. The molecule has 12 nitrogen and oxygen atoms in total. The van der Waals surface area contributed by atoms with Gasteiger partial charge in [-0.1, -0.05) is 6.07 Å². The molecule has 2 heterocycles. The van der Waals surface area contributed by atoms with Gasteiger partial charge in [-0.05, 0) is 38.8 Å². The van der Waals surface area contributed by atoms with Crippen LogP contribution < -0.4 is 20.7 Å². The van der Waals surface area contributed by atoms with Gasteiger partial charge in [0.1, 0.15) is 0 Å². The predicted molar refractivity (Wildman–Crippen MR) is 141 cm³/mol. The molecule has 1 aliphatic carbocycles. The topological polar surface area (TPSA) is 151 Å². The van der Waals surface area contributed by atoms with Crippen LogP contribution in [0.1, 0.15) is 47.5 Å². The van der Waals surface area contributed by atoms with E-state index in [1.54, 1.807) is 29.2 Å². The molecule has 1 saturated carbocycles. The number of para-hydroxylation sites is 1. The molecule has 0 atom stereocenters. The van der Waals surface area contributed by atoms with Crippen molar-refractivity contribution in [2.75, 3.05) is 37.9 Å². The molecule has 0 spiro atoms. The van der Waals surface area contributed by atoms with E-state index in [-0.39, 0.29) is 29.2 Å². The molecule has 3 amide bonds. The first-order valence-electron chi connectivity index (χ1n) is 12.4. The highest BCUT2D eigenvalue weighted by atomic mass is 16.5. The van der Waals surface area contributed by atoms with Gasteiger partial charge >= 0.3 is 0 Å². The van der Waals surface area contributed by atoms with Gasteiger partial charge in [-0.2, -0.15) is 0 Å². The Hall–Kier alpha value is -4.61. The lowest BCUT2D eigenvalue weighted by Gasteiger charge is -2.18. The number of nitrogens with one attached hydrogen (secondary N) is 3. The standard InChI is InChI=1S/C26H30N8O4/c1-5-34(6-2)26(37)16-13-28-23(29-14-16)17-8-7-9-18(22(17)38-4)30-19-12-20(31-24(35)15-10-11-15)32-33-21(19)25(36)27-3/h7-9,12-15H,5-6,10-11H2,1-4H3,(H,27,36)(H2,30,31,32,35). The summed E-state index contributed by atoms with van der Waals surface area (Å²) < 4.78 is 5.69. The summed E-state index contributed by atoms with van der Waals surface area (Å²) in [7, 11) is 3.00. The number of ether oxygens (including phenoxy) is 1. The summed E-state index contributed by atoms with van der Waals surface area (Å²) in [5.74, 6) is 0.267. The number of amides is 3. The average Bonchev–Trinajstić information content (AvgIpc) is 3.79. The second-order valence-corrected chi connectivity index (χ2v) is 8.62. The summed E-state index contributed by atoms with van der Waals surface area (Å²) in [5, 5.41) is 16.5. The Balaban J connectivity index is 1.66. The second-order valence-electron chi connectivity index (χ2n) is 8.62. The van der Waals surface area contributed by atoms with Crippen LogP contribution in [0.4, 0.5) is 17.2 Å². The van der Waals surface area contributed by atoms with Crippen molar-refractivity contribution >= 4 is 34.9 Å². The number of rotatable bonds is 10. The quantitative estimate of drug-likeness (QED) is 0.368. The van der Waals surface area contributed by atoms with Crippen molar-refractivity contribution in [3.05, 3.63) is 47.9 Å². The van der Waals surface area contributed by atoms with E-state index in [1.165, 1.54) is 26.6 Å². The lowest BCUT2D eigenvalue weighted by atomic mass is 10.1. The van der Waals surface area contributed by atoms with Gasteiger partial charge in [0, 0.05) is 44.5 Å².